The van der Waals surface area contributed by atoms with Crippen LogP contribution in [0.3, 0.4) is 0 Å². The van der Waals surface area contributed by atoms with Crippen LogP contribution in [0, 0.1) is 0 Å². The van der Waals surface area contributed by atoms with Crippen molar-refractivity contribution in [1.29, 1.82) is 0 Å². The maximum Gasteiger partial charge on any atom is 0.317 e. The van der Waals surface area contributed by atoms with Crippen molar-refractivity contribution in [2.75, 3.05) is 5.32 Å². The minimum atomic E-state index is -0.826. The number of anilines is 1. The number of phenols is 1. The molecule has 22 heavy (non-hydrogen) atoms. The summed E-state index contributed by atoms with van der Waals surface area (Å²) in [6.45, 7) is 1.36. The minimum Gasteiger partial charge on any atom is -0.508 e. The van der Waals surface area contributed by atoms with E-state index in [9.17, 15) is 19.5 Å². The lowest BCUT2D eigenvalue weighted by atomic mass is 10.0. The summed E-state index contributed by atoms with van der Waals surface area (Å²) in [4.78, 5) is 34.7. The Labute approximate surface area is 129 Å². The number of nitrogens with two attached hydrogens (primary N) is 2. The van der Waals surface area contributed by atoms with Crippen molar-refractivity contribution in [3.8, 4) is 16.2 Å². The Morgan fingerprint density at radius 1 is 1.14 bits per heavy atom. The van der Waals surface area contributed by atoms with E-state index in [2.05, 4.69) is 5.32 Å². The number of urea groups is 1. The third kappa shape index (κ3) is 3.07. The molecule has 3 amide bonds. The smallest absolute Gasteiger partial charge is 0.317 e. The molecule has 0 aliphatic carbocycles. The van der Waals surface area contributed by atoms with E-state index in [1.54, 1.807) is 6.07 Å². The van der Waals surface area contributed by atoms with Gasteiger partial charge in [-0.25, -0.2) is 4.79 Å². The van der Waals surface area contributed by atoms with Gasteiger partial charge >= 0.3 is 6.03 Å². The SMILES string of the molecule is CC(=O)c1cc(O)ccc1-c1cc(C(N)=O)c(NC(N)=O)s1. The van der Waals surface area contributed by atoms with E-state index in [1.807, 2.05) is 0 Å². The number of carbonyl (C=O) groups is 3. The summed E-state index contributed by atoms with van der Waals surface area (Å²) in [7, 11) is 0. The fraction of sp³-hybridized carbons (Fsp3) is 0.0714. The van der Waals surface area contributed by atoms with E-state index in [-0.39, 0.29) is 22.1 Å². The van der Waals surface area contributed by atoms with Gasteiger partial charge in [-0.1, -0.05) is 0 Å². The van der Waals surface area contributed by atoms with Crippen LogP contribution in [0.5, 0.6) is 5.75 Å². The Morgan fingerprint density at radius 2 is 1.82 bits per heavy atom. The first-order valence-corrected chi connectivity index (χ1v) is 6.95. The van der Waals surface area contributed by atoms with Gasteiger partial charge in [0.15, 0.2) is 5.78 Å². The second-order valence-electron chi connectivity index (χ2n) is 4.49. The molecule has 0 fully saturated rings. The molecule has 7 nitrogen and oxygen atoms in total. The van der Waals surface area contributed by atoms with E-state index in [0.29, 0.717) is 16.0 Å². The highest BCUT2D eigenvalue weighted by atomic mass is 32.1. The molecule has 0 radical (unpaired) electrons. The van der Waals surface area contributed by atoms with E-state index < -0.39 is 11.9 Å². The van der Waals surface area contributed by atoms with Crippen molar-refractivity contribution < 1.29 is 19.5 Å². The van der Waals surface area contributed by atoms with Crippen molar-refractivity contribution in [1.82, 2.24) is 0 Å². The van der Waals surface area contributed by atoms with Gasteiger partial charge in [-0.15, -0.1) is 11.3 Å². The molecule has 6 N–H and O–H groups in total. The van der Waals surface area contributed by atoms with Crippen LogP contribution in [0.25, 0.3) is 10.4 Å². The lowest BCUT2D eigenvalue weighted by Crippen LogP contribution is -2.21. The third-order valence-electron chi connectivity index (χ3n) is 2.88. The van der Waals surface area contributed by atoms with Crippen molar-refractivity contribution in [3.63, 3.8) is 0 Å². The highest BCUT2D eigenvalue weighted by molar-refractivity contribution is 7.20. The summed E-state index contributed by atoms with van der Waals surface area (Å²) in [5.74, 6) is -1.02. The third-order valence-corrected chi connectivity index (χ3v) is 3.97. The fourth-order valence-electron chi connectivity index (χ4n) is 1.95. The number of amides is 3. The Bertz CT molecular complexity index is 782. The van der Waals surface area contributed by atoms with Crippen molar-refractivity contribution in [3.05, 3.63) is 35.4 Å². The van der Waals surface area contributed by atoms with Gasteiger partial charge in [-0.05, 0) is 31.2 Å². The molecule has 1 aromatic carbocycles. The molecular weight excluding hydrogens is 306 g/mol. The fourth-order valence-corrected chi connectivity index (χ4v) is 3.06. The molecular formula is C14H13N3O4S. The quantitative estimate of drug-likeness (QED) is 0.640. The van der Waals surface area contributed by atoms with Crippen LogP contribution in [-0.4, -0.2) is 22.8 Å². The molecule has 114 valence electrons. The van der Waals surface area contributed by atoms with Crippen LogP contribution in [-0.2, 0) is 0 Å². The predicted octanol–water partition coefficient (Wildman–Crippen LogP) is 1.91. The summed E-state index contributed by atoms with van der Waals surface area (Å²) in [5.41, 5.74) is 11.2. The molecule has 0 saturated carbocycles. The van der Waals surface area contributed by atoms with E-state index in [1.165, 1.54) is 25.1 Å². The van der Waals surface area contributed by atoms with Crippen LogP contribution < -0.4 is 16.8 Å². The number of nitrogens with one attached hydrogen (secondary N) is 1. The highest BCUT2D eigenvalue weighted by Crippen LogP contribution is 2.38. The van der Waals surface area contributed by atoms with Crippen LogP contribution in [0.4, 0.5) is 9.80 Å². The monoisotopic (exact) mass is 319 g/mol. The van der Waals surface area contributed by atoms with Crippen LogP contribution in [0.1, 0.15) is 27.6 Å². The number of carbonyl (C=O) groups excluding carboxylic acids is 3. The summed E-state index contributed by atoms with van der Waals surface area (Å²) >= 11 is 1.06. The van der Waals surface area contributed by atoms with Gasteiger partial charge in [-0.3, -0.25) is 14.9 Å². The molecule has 1 heterocycles. The first-order chi connectivity index (χ1) is 10.3. The molecule has 8 heteroatoms. The topological polar surface area (TPSA) is 136 Å². The molecule has 0 atom stereocenters. The Balaban J connectivity index is 2.61. The molecule has 0 unspecified atom stereocenters. The summed E-state index contributed by atoms with van der Waals surface area (Å²) < 4.78 is 0. The van der Waals surface area contributed by atoms with Gasteiger partial charge in [0.25, 0.3) is 5.91 Å². The zero-order chi connectivity index (χ0) is 16.4. The Hall–Kier alpha value is -2.87. The number of Topliss-reactive ketones (excluding diaryl/α,β-unsaturated/α-hetero) is 1. The molecule has 0 bridgehead atoms. The van der Waals surface area contributed by atoms with Gasteiger partial charge in [0.05, 0.1) is 5.56 Å². The largest absolute Gasteiger partial charge is 0.508 e. The van der Waals surface area contributed by atoms with E-state index >= 15 is 0 Å². The van der Waals surface area contributed by atoms with E-state index in [4.69, 9.17) is 11.5 Å². The number of ketones is 1. The van der Waals surface area contributed by atoms with Crippen molar-refractivity contribution >= 4 is 34.1 Å². The molecule has 2 rings (SSSR count). The second-order valence-corrected chi connectivity index (χ2v) is 5.55. The van der Waals surface area contributed by atoms with Gasteiger partial charge < -0.3 is 16.6 Å². The summed E-state index contributed by atoms with van der Waals surface area (Å²) in [5, 5.41) is 12.0. The molecule has 0 aliphatic rings. The van der Waals surface area contributed by atoms with Crippen molar-refractivity contribution in [2.24, 2.45) is 11.5 Å². The maximum absolute atomic E-state index is 11.7. The highest BCUT2D eigenvalue weighted by Gasteiger charge is 2.19. The number of thiophene rings is 1. The van der Waals surface area contributed by atoms with Gasteiger partial charge in [0.2, 0.25) is 0 Å². The van der Waals surface area contributed by atoms with Crippen LogP contribution >= 0.6 is 11.3 Å². The number of rotatable bonds is 4. The molecule has 0 aliphatic heterocycles. The molecule has 0 spiro atoms. The van der Waals surface area contributed by atoms with E-state index in [0.717, 1.165) is 11.3 Å². The normalized spacial score (nSPS) is 10.2. The Kier molecular flexibility index (Phi) is 4.13. The van der Waals surface area contributed by atoms with Crippen molar-refractivity contribution in [2.45, 2.75) is 6.92 Å². The van der Waals surface area contributed by atoms with Crippen LogP contribution in [0.2, 0.25) is 0 Å². The van der Waals surface area contributed by atoms with Gasteiger partial charge in [-0.2, -0.15) is 0 Å². The minimum absolute atomic E-state index is 0.0453. The lowest BCUT2D eigenvalue weighted by Gasteiger charge is -2.05. The number of hydrogen-bond acceptors (Lipinski definition) is 5. The first kappa shape index (κ1) is 15.5. The Morgan fingerprint density at radius 3 is 2.36 bits per heavy atom. The van der Waals surface area contributed by atoms with Gasteiger partial charge in [0, 0.05) is 16.0 Å². The van der Waals surface area contributed by atoms with Gasteiger partial charge in [0.1, 0.15) is 10.8 Å². The average molecular weight is 319 g/mol. The second kappa shape index (κ2) is 5.86. The number of phenolic OH excluding ortho intramolecular Hbond substituents is 1. The van der Waals surface area contributed by atoms with Crippen LogP contribution in [0.15, 0.2) is 24.3 Å². The average Bonchev–Trinajstić information content (AvgIpc) is 2.81. The zero-order valence-corrected chi connectivity index (χ0v) is 12.4. The first-order valence-electron chi connectivity index (χ1n) is 6.14. The predicted molar refractivity (Wildman–Crippen MR) is 83.1 cm³/mol. The number of benzene rings is 1. The standard InChI is InChI=1S/C14H13N3O4S/c1-6(18)9-4-7(19)2-3-8(9)11-5-10(12(15)20)13(22-11)17-14(16)21/h2-5,19H,1H3,(H2,15,20)(H3,16,17,21). The summed E-state index contributed by atoms with van der Waals surface area (Å²) in [6.07, 6.45) is 0. The maximum atomic E-state index is 11.7. The lowest BCUT2D eigenvalue weighted by molar-refractivity contribution is 0.0997. The number of primary amides is 2. The number of hydrogen-bond donors (Lipinski definition) is 4. The summed E-state index contributed by atoms with van der Waals surface area (Å²) in [6, 6.07) is 4.96. The molecule has 1 aromatic heterocycles. The number of aromatic hydroxyl groups is 1. The molecule has 0 saturated heterocycles. The zero-order valence-electron chi connectivity index (χ0n) is 11.5. The molecule has 2 aromatic rings.